The second kappa shape index (κ2) is 6.52. The molecule has 0 radical (unpaired) electrons. The van der Waals surface area contributed by atoms with Crippen LogP contribution in [0.3, 0.4) is 0 Å². The van der Waals surface area contributed by atoms with Gasteiger partial charge in [-0.1, -0.05) is 43.2 Å². The summed E-state index contributed by atoms with van der Waals surface area (Å²) in [4.78, 5) is 16.6. The number of carbonyl (C=O) groups is 1. The van der Waals surface area contributed by atoms with E-state index in [1.807, 2.05) is 31.2 Å². The van der Waals surface area contributed by atoms with Crippen molar-refractivity contribution < 1.29 is 9.21 Å². The molecule has 1 amide bonds. The highest BCUT2D eigenvalue weighted by atomic mass is 32.2. The molecule has 5 heteroatoms. The first-order chi connectivity index (χ1) is 10.2. The number of hydrogen-bond acceptors (Lipinski definition) is 4. The van der Waals surface area contributed by atoms with Gasteiger partial charge in [0.25, 0.3) is 5.22 Å². The lowest BCUT2D eigenvalue weighted by atomic mass is 9.95. The third-order valence-electron chi connectivity index (χ3n) is 3.87. The number of amides is 1. The largest absolute Gasteiger partial charge is 0.431 e. The van der Waals surface area contributed by atoms with Crippen LogP contribution in [0.15, 0.2) is 33.9 Å². The molecule has 1 atom stereocenters. The third-order valence-corrected chi connectivity index (χ3v) is 4.82. The van der Waals surface area contributed by atoms with Crippen molar-refractivity contribution in [3.8, 4) is 0 Å². The van der Waals surface area contributed by atoms with Crippen molar-refractivity contribution in [2.75, 3.05) is 0 Å². The standard InChI is InChI=1S/C16H20N2O2S/c1-11(15(19)17-12-7-3-2-4-8-12)21-16-18-13-9-5-6-10-14(13)20-16/h5-6,9-12H,2-4,7-8H2,1H3,(H,17,19). The summed E-state index contributed by atoms with van der Waals surface area (Å²) in [5.74, 6) is 0.0779. The van der Waals surface area contributed by atoms with E-state index in [2.05, 4.69) is 10.3 Å². The summed E-state index contributed by atoms with van der Waals surface area (Å²) in [6.45, 7) is 1.90. The summed E-state index contributed by atoms with van der Waals surface area (Å²) in [5, 5.41) is 3.51. The minimum Gasteiger partial charge on any atom is -0.431 e. The van der Waals surface area contributed by atoms with Gasteiger partial charge in [0.05, 0.1) is 5.25 Å². The molecule has 2 aromatic rings. The highest BCUT2D eigenvalue weighted by molar-refractivity contribution is 8.00. The molecule has 0 saturated heterocycles. The fourth-order valence-electron chi connectivity index (χ4n) is 2.67. The lowest BCUT2D eigenvalue weighted by Gasteiger charge is -2.23. The number of benzene rings is 1. The summed E-state index contributed by atoms with van der Waals surface area (Å²) < 4.78 is 5.65. The molecule has 21 heavy (non-hydrogen) atoms. The maximum Gasteiger partial charge on any atom is 0.257 e. The van der Waals surface area contributed by atoms with E-state index in [4.69, 9.17) is 4.42 Å². The van der Waals surface area contributed by atoms with Crippen LogP contribution in [0.5, 0.6) is 0 Å². The number of nitrogens with zero attached hydrogens (tertiary/aromatic N) is 1. The van der Waals surface area contributed by atoms with E-state index in [-0.39, 0.29) is 11.2 Å². The third kappa shape index (κ3) is 3.59. The molecule has 1 unspecified atom stereocenters. The summed E-state index contributed by atoms with van der Waals surface area (Å²) in [7, 11) is 0. The molecule has 1 heterocycles. The van der Waals surface area contributed by atoms with E-state index < -0.39 is 0 Å². The molecule has 0 aliphatic heterocycles. The second-order valence-corrected chi connectivity index (χ2v) is 6.84. The monoisotopic (exact) mass is 304 g/mol. The van der Waals surface area contributed by atoms with Gasteiger partial charge >= 0.3 is 0 Å². The Labute approximate surface area is 128 Å². The first-order valence-corrected chi connectivity index (χ1v) is 8.43. The van der Waals surface area contributed by atoms with Crippen molar-refractivity contribution in [3.05, 3.63) is 24.3 Å². The molecule has 4 nitrogen and oxygen atoms in total. The normalized spacial score (nSPS) is 17.8. The van der Waals surface area contributed by atoms with Gasteiger partial charge < -0.3 is 9.73 Å². The Kier molecular flexibility index (Phi) is 4.48. The number of carbonyl (C=O) groups excluding carboxylic acids is 1. The number of nitrogens with one attached hydrogen (secondary N) is 1. The molecule has 1 fully saturated rings. The molecule has 1 aliphatic carbocycles. The average molecular weight is 304 g/mol. The number of thioether (sulfide) groups is 1. The Hall–Kier alpha value is -1.49. The van der Waals surface area contributed by atoms with Gasteiger partial charge in [-0.15, -0.1) is 0 Å². The topological polar surface area (TPSA) is 55.1 Å². The van der Waals surface area contributed by atoms with Gasteiger partial charge in [0.2, 0.25) is 5.91 Å². The Morgan fingerprint density at radius 3 is 2.86 bits per heavy atom. The fourth-order valence-corrected chi connectivity index (χ4v) is 3.44. The van der Waals surface area contributed by atoms with Crippen molar-refractivity contribution >= 4 is 28.8 Å². The van der Waals surface area contributed by atoms with Gasteiger partial charge in [-0.2, -0.15) is 0 Å². The minimum atomic E-state index is -0.194. The number of hydrogen-bond donors (Lipinski definition) is 1. The Morgan fingerprint density at radius 2 is 2.10 bits per heavy atom. The van der Waals surface area contributed by atoms with Crippen LogP contribution < -0.4 is 5.32 Å². The van der Waals surface area contributed by atoms with E-state index in [9.17, 15) is 4.79 Å². The summed E-state index contributed by atoms with van der Waals surface area (Å²) in [6, 6.07) is 7.99. The first kappa shape index (κ1) is 14.4. The summed E-state index contributed by atoms with van der Waals surface area (Å²) in [5.41, 5.74) is 1.60. The van der Waals surface area contributed by atoms with E-state index in [0.717, 1.165) is 23.9 Å². The molecule has 112 valence electrons. The van der Waals surface area contributed by atoms with Crippen molar-refractivity contribution in [3.63, 3.8) is 0 Å². The fraction of sp³-hybridized carbons (Fsp3) is 0.500. The van der Waals surface area contributed by atoms with Crippen molar-refractivity contribution in [1.82, 2.24) is 10.3 Å². The van der Waals surface area contributed by atoms with Crippen LogP contribution in [-0.4, -0.2) is 22.2 Å². The smallest absolute Gasteiger partial charge is 0.257 e. The van der Waals surface area contributed by atoms with Crippen molar-refractivity contribution in [2.45, 2.75) is 55.5 Å². The second-order valence-electron chi connectivity index (χ2n) is 5.55. The Bertz CT molecular complexity index is 587. The van der Waals surface area contributed by atoms with Crippen LogP contribution in [0.4, 0.5) is 0 Å². The summed E-state index contributed by atoms with van der Waals surface area (Å²) in [6.07, 6.45) is 5.94. The van der Waals surface area contributed by atoms with Gasteiger partial charge in [-0.05, 0) is 31.9 Å². The zero-order valence-electron chi connectivity index (χ0n) is 12.2. The SMILES string of the molecule is CC(Sc1nc2ccccc2o1)C(=O)NC1CCCCC1. The van der Waals surface area contributed by atoms with Crippen LogP contribution >= 0.6 is 11.8 Å². The van der Waals surface area contributed by atoms with Crippen LogP contribution in [0.2, 0.25) is 0 Å². The van der Waals surface area contributed by atoms with E-state index in [0.29, 0.717) is 11.3 Å². The average Bonchev–Trinajstić information content (AvgIpc) is 2.90. The zero-order chi connectivity index (χ0) is 14.7. The molecule has 1 aliphatic rings. The van der Waals surface area contributed by atoms with Gasteiger partial charge in [-0.25, -0.2) is 4.98 Å². The van der Waals surface area contributed by atoms with Gasteiger partial charge in [0.1, 0.15) is 5.52 Å². The number of aromatic nitrogens is 1. The Morgan fingerprint density at radius 1 is 1.33 bits per heavy atom. The van der Waals surface area contributed by atoms with Crippen LogP contribution in [0, 0.1) is 0 Å². The maximum absolute atomic E-state index is 12.2. The molecule has 0 spiro atoms. The van der Waals surface area contributed by atoms with Crippen molar-refractivity contribution in [2.24, 2.45) is 0 Å². The predicted octanol–water partition coefficient (Wildman–Crippen LogP) is 3.76. The van der Waals surface area contributed by atoms with Gasteiger partial charge in [-0.3, -0.25) is 4.79 Å². The highest BCUT2D eigenvalue weighted by Gasteiger charge is 2.22. The molecule has 1 aromatic carbocycles. The predicted molar refractivity (Wildman–Crippen MR) is 84.3 cm³/mol. The van der Waals surface area contributed by atoms with Gasteiger partial charge in [0, 0.05) is 6.04 Å². The minimum absolute atomic E-state index is 0.0779. The van der Waals surface area contributed by atoms with Crippen LogP contribution in [0.1, 0.15) is 39.0 Å². The number of oxazole rings is 1. The molecular formula is C16H20N2O2S. The zero-order valence-corrected chi connectivity index (χ0v) is 13.0. The maximum atomic E-state index is 12.2. The molecule has 1 saturated carbocycles. The van der Waals surface area contributed by atoms with E-state index in [1.54, 1.807) is 0 Å². The molecule has 3 rings (SSSR count). The highest BCUT2D eigenvalue weighted by Crippen LogP contribution is 2.27. The lowest BCUT2D eigenvalue weighted by molar-refractivity contribution is -0.121. The lowest BCUT2D eigenvalue weighted by Crippen LogP contribution is -2.40. The number of fused-ring (bicyclic) bond motifs is 1. The molecule has 0 bridgehead atoms. The number of rotatable bonds is 4. The van der Waals surface area contributed by atoms with Crippen LogP contribution in [0.25, 0.3) is 11.1 Å². The molecule has 1 N–H and O–H groups in total. The quantitative estimate of drug-likeness (QED) is 0.874. The molecular weight excluding hydrogens is 284 g/mol. The van der Waals surface area contributed by atoms with Gasteiger partial charge in [0.15, 0.2) is 5.58 Å². The molecule has 1 aromatic heterocycles. The van der Waals surface area contributed by atoms with Crippen molar-refractivity contribution in [1.29, 1.82) is 0 Å². The number of para-hydroxylation sites is 2. The van der Waals surface area contributed by atoms with Crippen LogP contribution in [-0.2, 0) is 4.79 Å². The Balaban J connectivity index is 1.59. The van der Waals surface area contributed by atoms with E-state index >= 15 is 0 Å². The first-order valence-electron chi connectivity index (χ1n) is 7.55. The summed E-state index contributed by atoms with van der Waals surface area (Å²) >= 11 is 1.38. The van der Waals surface area contributed by atoms with E-state index in [1.165, 1.54) is 31.0 Å².